The predicted octanol–water partition coefficient (Wildman–Crippen LogP) is 4.37. The first-order valence-electron chi connectivity index (χ1n) is 8.55. The Labute approximate surface area is 134 Å². The normalized spacial score (nSPS) is 15.8. The summed E-state index contributed by atoms with van der Waals surface area (Å²) in [7, 11) is 0. The number of rotatable bonds is 5. The molecule has 0 aliphatic heterocycles. The molecule has 3 heteroatoms. The van der Waals surface area contributed by atoms with Crippen LogP contribution in [-0.2, 0) is 12.8 Å². The summed E-state index contributed by atoms with van der Waals surface area (Å²) in [5.74, 6) is 1.75. The second-order valence-corrected chi connectivity index (χ2v) is 5.88. The van der Waals surface area contributed by atoms with Crippen LogP contribution in [0.4, 0.5) is 0 Å². The van der Waals surface area contributed by atoms with Crippen LogP contribution in [0.15, 0.2) is 18.2 Å². The van der Waals surface area contributed by atoms with Gasteiger partial charge in [0, 0.05) is 11.5 Å². The molecule has 1 aromatic carbocycles. The Hall–Kier alpha value is -1.64. The van der Waals surface area contributed by atoms with Gasteiger partial charge in [-0.05, 0) is 61.6 Å². The molecule has 3 N–H and O–H groups in total. The van der Waals surface area contributed by atoms with Crippen molar-refractivity contribution in [2.45, 2.75) is 59.3 Å². The van der Waals surface area contributed by atoms with Crippen molar-refractivity contribution in [2.75, 3.05) is 0 Å². The van der Waals surface area contributed by atoms with Gasteiger partial charge in [-0.25, -0.2) is 0 Å². The topological polar surface area (TPSA) is 66.9 Å². The van der Waals surface area contributed by atoms with E-state index in [0.29, 0.717) is 11.8 Å². The van der Waals surface area contributed by atoms with Gasteiger partial charge in [-0.2, -0.15) is 0 Å². The SMILES string of the molecule is CC.CCc1cc(C=O)ccc1CC1CC1.N=C(N)C1CC1. The van der Waals surface area contributed by atoms with E-state index in [1.807, 2.05) is 26.0 Å². The van der Waals surface area contributed by atoms with Crippen LogP contribution in [0.3, 0.4) is 0 Å². The number of amidine groups is 1. The first-order valence-corrected chi connectivity index (χ1v) is 8.55. The van der Waals surface area contributed by atoms with E-state index in [4.69, 9.17) is 11.1 Å². The van der Waals surface area contributed by atoms with Crippen LogP contribution < -0.4 is 5.73 Å². The van der Waals surface area contributed by atoms with Gasteiger partial charge in [0.25, 0.3) is 0 Å². The summed E-state index contributed by atoms with van der Waals surface area (Å²) in [6.07, 6.45) is 8.24. The maximum absolute atomic E-state index is 10.6. The number of carbonyl (C=O) groups is 1. The molecule has 0 radical (unpaired) electrons. The molecule has 2 aliphatic rings. The van der Waals surface area contributed by atoms with Crippen molar-refractivity contribution in [2.24, 2.45) is 17.6 Å². The summed E-state index contributed by atoms with van der Waals surface area (Å²) < 4.78 is 0. The molecule has 1 aromatic rings. The van der Waals surface area contributed by atoms with Gasteiger partial charge in [0.1, 0.15) is 6.29 Å². The third-order valence-corrected chi connectivity index (χ3v) is 3.97. The lowest BCUT2D eigenvalue weighted by Gasteiger charge is -2.07. The number of aryl methyl sites for hydroxylation is 1. The summed E-state index contributed by atoms with van der Waals surface area (Å²) in [5, 5.41) is 6.79. The van der Waals surface area contributed by atoms with Gasteiger partial charge >= 0.3 is 0 Å². The van der Waals surface area contributed by atoms with E-state index in [1.54, 1.807) is 0 Å². The molecule has 2 saturated carbocycles. The Morgan fingerprint density at radius 1 is 1.23 bits per heavy atom. The lowest BCUT2D eigenvalue weighted by molar-refractivity contribution is 0.112. The lowest BCUT2D eigenvalue weighted by Crippen LogP contribution is -2.10. The minimum absolute atomic E-state index is 0.370. The van der Waals surface area contributed by atoms with Crippen molar-refractivity contribution >= 4 is 12.1 Å². The lowest BCUT2D eigenvalue weighted by atomic mass is 9.98. The molecule has 0 spiro atoms. The van der Waals surface area contributed by atoms with Gasteiger partial charge in [-0.15, -0.1) is 0 Å². The van der Waals surface area contributed by atoms with Crippen LogP contribution in [-0.4, -0.2) is 12.1 Å². The van der Waals surface area contributed by atoms with Crippen LogP contribution in [0.2, 0.25) is 0 Å². The van der Waals surface area contributed by atoms with Crippen molar-refractivity contribution in [1.29, 1.82) is 5.41 Å². The van der Waals surface area contributed by atoms with Gasteiger partial charge in [-0.3, -0.25) is 10.2 Å². The number of hydrogen-bond donors (Lipinski definition) is 2. The van der Waals surface area contributed by atoms with E-state index < -0.39 is 0 Å². The molecular weight excluding hydrogens is 272 g/mol. The van der Waals surface area contributed by atoms with Crippen molar-refractivity contribution in [3.63, 3.8) is 0 Å². The van der Waals surface area contributed by atoms with Crippen LogP contribution in [0, 0.1) is 17.2 Å². The molecule has 0 unspecified atom stereocenters. The second-order valence-electron chi connectivity index (χ2n) is 5.88. The summed E-state index contributed by atoms with van der Waals surface area (Å²) in [4.78, 5) is 10.6. The van der Waals surface area contributed by atoms with Crippen molar-refractivity contribution in [1.82, 2.24) is 0 Å². The Balaban J connectivity index is 0.000000253. The molecule has 0 aromatic heterocycles. The fourth-order valence-corrected chi connectivity index (χ4v) is 2.27. The summed E-state index contributed by atoms with van der Waals surface area (Å²) in [5.41, 5.74) is 8.68. The van der Waals surface area contributed by atoms with E-state index in [1.165, 1.54) is 30.4 Å². The van der Waals surface area contributed by atoms with Crippen LogP contribution >= 0.6 is 0 Å². The van der Waals surface area contributed by atoms with E-state index in [9.17, 15) is 4.79 Å². The van der Waals surface area contributed by atoms with Gasteiger partial charge in [0.15, 0.2) is 0 Å². The fraction of sp³-hybridized carbons (Fsp3) is 0.579. The molecule has 22 heavy (non-hydrogen) atoms. The quantitative estimate of drug-likeness (QED) is 0.482. The van der Waals surface area contributed by atoms with Gasteiger partial charge in [-0.1, -0.05) is 32.9 Å². The van der Waals surface area contributed by atoms with Crippen molar-refractivity contribution in [3.8, 4) is 0 Å². The number of hydrogen-bond acceptors (Lipinski definition) is 2. The Morgan fingerprint density at radius 2 is 1.86 bits per heavy atom. The average molecular weight is 302 g/mol. The predicted molar refractivity (Wildman–Crippen MR) is 93.6 cm³/mol. The molecule has 0 heterocycles. The average Bonchev–Trinajstić information content (AvgIpc) is 3.42. The maximum atomic E-state index is 10.6. The highest BCUT2D eigenvalue weighted by atomic mass is 16.1. The smallest absolute Gasteiger partial charge is 0.150 e. The monoisotopic (exact) mass is 302 g/mol. The highest BCUT2D eigenvalue weighted by Crippen LogP contribution is 2.33. The minimum Gasteiger partial charge on any atom is -0.387 e. The first-order chi connectivity index (χ1) is 10.6. The molecule has 3 nitrogen and oxygen atoms in total. The zero-order chi connectivity index (χ0) is 16.5. The third kappa shape index (κ3) is 6.42. The van der Waals surface area contributed by atoms with Crippen LogP contribution in [0.1, 0.15) is 67.9 Å². The van der Waals surface area contributed by atoms with Gasteiger partial charge in [0.05, 0.1) is 5.84 Å². The molecule has 2 fully saturated rings. The summed E-state index contributed by atoms with van der Waals surface area (Å²) >= 11 is 0. The third-order valence-electron chi connectivity index (χ3n) is 3.97. The molecule has 0 saturated heterocycles. The fourth-order valence-electron chi connectivity index (χ4n) is 2.27. The highest BCUT2D eigenvalue weighted by molar-refractivity contribution is 5.81. The Kier molecular flexibility index (Phi) is 7.86. The molecule has 0 bridgehead atoms. The van der Waals surface area contributed by atoms with Crippen LogP contribution in [0.25, 0.3) is 0 Å². The summed E-state index contributed by atoms with van der Waals surface area (Å²) in [6, 6.07) is 6.09. The molecular formula is C19H30N2O. The van der Waals surface area contributed by atoms with E-state index >= 15 is 0 Å². The first kappa shape index (κ1) is 18.4. The van der Waals surface area contributed by atoms with Crippen molar-refractivity contribution < 1.29 is 4.79 Å². The van der Waals surface area contributed by atoms with E-state index in [-0.39, 0.29) is 0 Å². The minimum atomic E-state index is 0.370. The molecule has 0 atom stereocenters. The Bertz CT molecular complexity index is 488. The number of nitrogens with one attached hydrogen (secondary N) is 1. The molecule has 0 amide bonds. The van der Waals surface area contributed by atoms with Crippen molar-refractivity contribution in [3.05, 3.63) is 34.9 Å². The summed E-state index contributed by atoms with van der Waals surface area (Å²) in [6.45, 7) is 6.15. The van der Waals surface area contributed by atoms with E-state index in [2.05, 4.69) is 13.0 Å². The number of carbonyl (C=O) groups excluding carboxylic acids is 1. The number of aldehydes is 1. The zero-order valence-electron chi connectivity index (χ0n) is 14.2. The standard InChI is InChI=1S/C13H16O.C4H8N2.C2H6/c1-2-12-8-11(9-14)5-6-13(12)7-10-3-4-10;5-4(6)3-1-2-3;1-2/h5-6,8-10H,2-4,7H2,1H3;3H,1-2H2,(H3,5,6);1-2H3. The molecule has 122 valence electrons. The maximum Gasteiger partial charge on any atom is 0.150 e. The van der Waals surface area contributed by atoms with E-state index in [0.717, 1.165) is 37.0 Å². The molecule has 3 rings (SSSR count). The van der Waals surface area contributed by atoms with Gasteiger partial charge in [0.2, 0.25) is 0 Å². The number of benzene rings is 1. The van der Waals surface area contributed by atoms with Crippen LogP contribution in [0.5, 0.6) is 0 Å². The molecule has 2 aliphatic carbocycles. The second kappa shape index (κ2) is 9.39. The largest absolute Gasteiger partial charge is 0.387 e. The number of nitrogens with two attached hydrogens (primary N) is 1. The van der Waals surface area contributed by atoms with Gasteiger partial charge < -0.3 is 5.73 Å². The zero-order valence-corrected chi connectivity index (χ0v) is 14.2. The Morgan fingerprint density at radius 3 is 2.23 bits per heavy atom. The highest BCUT2D eigenvalue weighted by Gasteiger charge is 2.23.